The molecule has 1 aromatic carbocycles. The Morgan fingerprint density at radius 3 is 2.50 bits per heavy atom. The number of carbonyl (C=O) groups excluding carboxylic acids is 1. The lowest BCUT2D eigenvalue weighted by Gasteiger charge is -2.11. The Morgan fingerprint density at radius 1 is 1.36 bits per heavy atom. The Balaban J connectivity index is 3.01. The van der Waals surface area contributed by atoms with Crippen LogP contribution in [-0.4, -0.2) is 12.0 Å². The van der Waals surface area contributed by atoms with Crippen LogP contribution in [0, 0.1) is 0 Å². The van der Waals surface area contributed by atoms with E-state index in [4.69, 9.17) is 16.2 Å². The molecule has 4 nitrogen and oxygen atoms in total. The van der Waals surface area contributed by atoms with Crippen molar-refractivity contribution in [3.05, 3.63) is 23.8 Å². The number of nitrogens with two attached hydrogens (primary N) is 2. The van der Waals surface area contributed by atoms with Crippen molar-refractivity contribution in [2.24, 2.45) is 5.73 Å². The Kier molecular flexibility index (Phi) is 2.96. The number of primary amides is 1. The first-order valence-electron chi connectivity index (χ1n) is 4.36. The molecular weight excluding hydrogens is 180 g/mol. The van der Waals surface area contributed by atoms with Gasteiger partial charge in [0, 0.05) is 17.3 Å². The lowest BCUT2D eigenvalue weighted by Crippen LogP contribution is -2.12. The van der Waals surface area contributed by atoms with Crippen LogP contribution in [0.25, 0.3) is 0 Å². The van der Waals surface area contributed by atoms with Gasteiger partial charge in [0.15, 0.2) is 0 Å². The van der Waals surface area contributed by atoms with E-state index in [1.54, 1.807) is 12.1 Å². The van der Waals surface area contributed by atoms with Crippen LogP contribution < -0.4 is 16.2 Å². The first-order valence-corrected chi connectivity index (χ1v) is 4.36. The molecular formula is C10H14N2O2. The van der Waals surface area contributed by atoms with E-state index in [0.29, 0.717) is 17.0 Å². The van der Waals surface area contributed by atoms with Crippen molar-refractivity contribution in [2.75, 3.05) is 5.73 Å². The molecule has 1 aromatic rings. The molecule has 0 unspecified atom stereocenters. The van der Waals surface area contributed by atoms with Gasteiger partial charge in [-0.25, -0.2) is 0 Å². The molecule has 0 spiro atoms. The minimum Gasteiger partial charge on any atom is -0.491 e. The normalized spacial score (nSPS) is 10.2. The lowest BCUT2D eigenvalue weighted by molar-refractivity contribution is 0.0999. The van der Waals surface area contributed by atoms with E-state index < -0.39 is 5.91 Å². The highest BCUT2D eigenvalue weighted by Crippen LogP contribution is 2.19. The zero-order valence-corrected chi connectivity index (χ0v) is 8.28. The first-order chi connectivity index (χ1) is 6.49. The highest BCUT2D eigenvalue weighted by molar-refractivity contribution is 5.94. The number of ether oxygens (including phenoxy) is 1. The third-order valence-electron chi connectivity index (χ3n) is 1.59. The summed E-state index contributed by atoms with van der Waals surface area (Å²) in [6.45, 7) is 3.79. The van der Waals surface area contributed by atoms with E-state index in [1.165, 1.54) is 6.07 Å². The number of nitrogen functional groups attached to an aromatic ring is 1. The van der Waals surface area contributed by atoms with Gasteiger partial charge in [-0.05, 0) is 26.0 Å². The number of rotatable bonds is 3. The van der Waals surface area contributed by atoms with Gasteiger partial charge in [-0.1, -0.05) is 0 Å². The first kappa shape index (κ1) is 10.4. The molecule has 1 amide bonds. The number of anilines is 1. The predicted octanol–water partition coefficient (Wildman–Crippen LogP) is 1.15. The lowest BCUT2D eigenvalue weighted by atomic mass is 10.2. The average molecular weight is 194 g/mol. The second-order valence-electron chi connectivity index (χ2n) is 3.32. The quantitative estimate of drug-likeness (QED) is 0.708. The van der Waals surface area contributed by atoms with E-state index >= 15 is 0 Å². The zero-order valence-electron chi connectivity index (χ0n) is 8.28. The third kappa shape index (κ3) is 2.65. The molecule has 1 rings (SSSR count). The molecule has 0 aliphatic heterocycles. The van der Waals surface area contributed by atoms with E-state index in [1.807, 2.05) is 13.8 Å². The summed E-state index contributed by atoms with van der Waals surface area (Å²) >= 11 is 0. The maximum Gasteiger partial charge on any atom is 0.248 e. The van der Waals surface area contributed by atoms with Crippen LogP contribution in [0.1, 0.15) is 24.2 Å². The van der Waals surface area contributed by atoms with Crippen molar-refractivity contribution < 1.29 is 9.53 Å². The van der Waals surface area contributed by atoms with Crippen LogP contribution >= 0.6 is 0 Å². The number of carbonyl (C=O) groups is 1. The van der Waals surface area contributed by atoms with E-state index in [-0.39, 0.29) is 6.10 Å². The molecule has 0 radical (unpaired) electrons. The molecule has 0 fully saturated rings. The fraction of sp³-hybridized carbons (Fsp3) is 0.300. The van der Waals surface area contributed by atoms with Crippen LogP contribution in [-0.2, 0) is 0 Å². The Hall–Kier alpha value is -1.71. The van der Waals surface area contributed by atoms with Crippen LogP contribution in [0.5, 0.6) is 5.75 Å². The predicted molar refractivity (Wildman–Crippen MR) is 55.1 cm³/mol. The molecule has 0 heterocycles. The summed E-state index contributed by atoms with van der Waals surface area (Å²) in [5.74, 6) is 0.0553. The maximum atomic E-state index is 10.9. The molecule has 14 heavy (non-hydrogen) atoms. The van der Waals surface area contributed by atoms with E-state index in [0.717, 1.165) is 0 Å². The Morgan fingerprint density at radius 2 is 2.00 bits per heavy atom. The van der Waals surface area contributed by atoms with Crippen LogP contribution in [0.4, 0.5) is 5.69 Å². The number of amides is 1. The van der Waals surface area contributed by atoms with Crippen LogP contribution in [0.3, 0.4) is 0 Å². The number of hydrogen-bond donors (Lipinski definition) is 2. The second-order valence-corrected chi connectivity index (χ2v) is 3.32. The largest absolute Gasteiger partial charge is 0.491 e. The summed E-state index contributed by atoms with van der Waals surface area (Å²) in [4.78, 5) is 10.9. The molecule has 0 saturated carbocycles. The number of benzene rings is 1. The van der Waals surface area contributed by atoms with Gasteiger partial charge in [0.25, 0.3) is 0 Å². The van der Waals surface area contributed by atoms with Crippen LogP contribution in [0.15, 0.2) is 18.2 Å². The molecule has 0 aromatic heterocycles. The van der Waals surface area contributed by atoms with Gasteiger partial charge in [-0.15, -0.1) is 0 Å². The molecule has 4 N–H and O–H groups in total. The highest BCUT2D eigenvalue weighted by atomic mass is 16.5. The molecule has 4 heteroatoms. The summed E-state index contributed by atoms with van der Waals surface area (Å²) < 4.78 is 5.40. The van der Waals surface area contributed by atoms with Crippen LogP contribution in [0.2, 0.25) is 0 Å². The van der Waals surface area contributed by atoms with Gasteiger partial charge in [-0.3, -0.25) is 4.79 Å². The Bertz CT molecular complexity index is 348. The minimum absolute atomic E-state index is 0.0394. The summed E-state index contributed by atoms with van der Waals surface area (Å²) in [6.07, 6.45) is 0.0394. The van der Waals surface area contributed by atoms with Crippen molar-refractivity contribution in [3.8, 4) is 5.75 Å². The SMILES string of the molecule is CC(C)Oc1cc(N)cc(C(N)=O)c1. The standard InChI is InChI=1S/C10H14N2O2/c1-6(2)14-9-4-7(10(12)13)3-8(11)5-9/h3-6H,11H2,1-2H3,(H2,12,13). The summed E-state index contributed by atoms with van der Waals surface area (Å²) in [5.41, 5.74) is 11.5. The van der Waals surface area contributed by atoms with Gasteiger partial charge in [0.1, 0.15) is 5.75 Å². The molecule has 76 valence electrons. The van der Waals surface area contributed by atoms with E-state index in [9.17, 15) is 4.79 Å². The number of hydrogen-bond acceptors (Lipinski definition) is 3. The van der Waals surface area contributed by atoms with Gasteiger partial charge in [0.2, 0.25) is 5.91 Å². The maximum absolute atomic E-state index is 10.9. The fourth-order valence-electron chi connectivity index (χ4n) is 1.10. The fourth-order valence-corrected chi connectivity index (χ4v) is 1.10. The molecule has 0 atom stereocenters. The van der Waals surface area contributed by atoms with Crippen molar-refractivity contribution in [2.45, 2.75) is 20.0 Å². The topological polar surface area (TPSA) is 78.3 Å². The van der Waals surface area contributed by atoms with Crippen molar-refractivity contribution in [1.29, 1.82) is 0 Å². The zero-order chi connectivity index (χ0) is 10.7. The van der Waals surface area contributed by atoms with Gasteiger partial charge in [0.05, 0.1) is 6.10 Å². The molecule has 0 saturated heterocycles. The summed E-state index contributed by atoms with van der Waals surface area (Å²) in [6, 6.07) is 4.76. The summed E-state index contributed by atoms with van der Waals surface area (Å²) in [7, 11) is 0. The molecule has 0 bridgehead atoms. The third-order valence-corrected chi connectivity index (χ3v) is 1.59. The van der Waals surface area contributed by atoms with Crippen molar-refractivity contribution in [1.82, 2.24) is 0 Å². The smallest absolute Gasteiger partial charge is 0.248 e. The average Bonchev–Trinajstić information content (AvgIpc) is 2.01. The minimum atomic E-state index is -0.508. The van der Waals surface area contributed by atoms with E-state index in [2.05, 4.69) is 0 Å². The molecule has 0 aliphatic rings. The van der Waals surface area contributed by atoms with Gasteiger partial charge >= 0.3 is 0 Å². The second kappa shape index (κ2) is 4.00. The monoisotopic (exact) mass is 194 g/mol. The summed E-state index contributed by atoms with van der Waals surface area (Å²) in [5, 5.41) is 0. The van der Waals surface area contributed by atoms with Crippen molar-refractivity contribution in [3.63, 3.8) is 0 Å². The van der Waals surface area contributed by atoms with Gasteiger partial charge in [-0.2, -0.15) is 0 Å². The van der Waals surface area contributed by atoms with Crippen molar-refractivity contribution >= 4 is 11.6 Å². The Labute approximate surface area is 82.8 Å². The highest BCUT2D eigenvalue weighted by Gasteiger charge is 2.05. The van der Waals surface area contributed by atoms with Gasteiger partial charge < -0.3 is 16.2 Å². The molecule has 0 aliphatic carbocycles.